The molecule has 1 aromatic carbocycles. The molecule has 12 heteroatoms. The summed E-state index contributed by atoms with van der Waals surface area (Å²) >= 11 is 6.36. The summed E-state index contributed by atoms with van der Waals surface area (Å²) in [6.07, 6.45) is -2.51. The van der Waals surface area contributed by atoms with E-state index in [2.05, 4.69) is 15.0 Å². The van der Waals surface area contributed by atoms with Crippen LogP contribution in [0.25, 0.3) is 11.2 Å². The second-order valence-electron chi connectivity index (χ2n) is 8.68. The number of rotatable bonds is 8. The number of hydrogen-bond donors (Lipinski definition) is 3. The van der Waals surface area contributed by atoms with Crippen LogP contribution in [-0.4, -0.2) is 75.5 Å². The van der Waals surface area contributed by atoms with Crippen molar-refractivity contribution in [3.8, 4) is 11.8 Å². The Labute approximate surface area is 203 Å². The zero-order valence-electron chi connectivity index (χ0n) is 18.7. The van der Waals surface area contributed by atoms with Crippen molar-refractivity contribution < 1.29 is 37.9 Å². The van der Waals surface area contributed by atoms with Gasteiger partial charge in [0.25, 0.3) is 6.01 Å². The fraction of sp³-hybridized carbons (Fsp3) is 0.478. The number of H-pyrrole nitrogens is 1. The number of imidazole rings is 1. The van der Waals surface area contributed by atoms with Crippen molar-refractivity contribution in [2.24, 2.45) is 0 Å². The average molecular weight is 512 g/mol. The highest BCUT2D eigenvalue weighted by atomic mass is 35.5. The summed E-state index contributed by atoms with van der Waals surface area (Å²) in [4.78, 5) is 11.8. The number of aliphatic hydroxyl groups is 2. The minimum absolute atomic E-state index is 0.00257. The third kappa shape index (κ3) is 5.05. The van der Waals surface area contributed by atoms with Crippen molar-refractivity contribution in [3.05, 3.63) is 46.1 Å². The van der Waals surface area contributed by atoms with E-state index in [1.807, 2.05) is 0 Å². The molecule has 2 aliphatic rings. The number of hydrogen-bond acceptors (Lipinski definition) is 8. The predicted octanol–water partition coefficient (Wildman–Crippen LogP) is 2.34. The quantitative estimate of drug-likeness (QED) is 0.422. The van der Waals surface area contributed by atoms with Gasteiger partial charge in [-0.25, -0.2) is 13.8 Å². The summed E-state index contributed by atoms with van der Waals surface area (Å²) in [5.41, 5.74) is 1.18. The number of ether oxygens (including phenoxy) is 4. The first-order valence-electron chi connectivity index (χ1n) is 11.2. The van der Waals surface area contributed by atoms with Gasteiger partial charge in [0.05, 0.1) is 35.6 Å². The molecule has 3 N–H and O–H groups in total. The Morgan fingerprint density at radius 2 is 1.89 bits per heavy atom. The first kappa shape index (κ1) is 24.1. The third-order valence-corrected chi connectivity index (χ3v) is 6.27. The monoisotopic (exact) mass is 511 g/mol. The lowest BCUT2D eigenvalue weighted by molar-refractivity contribution is 0.00706. The third-order valence-electron chi connectivity index (χ3n) is 5.94. The molecule has 188 valence electrons. The maximum absolute atomic E-state index is 14.5. The van der Waals surface area contributed by atoms with Gasteiger partial charge in [-0.15, -0.1) is 0 Å². The highest BCUT2D eigenvalue weighted by Gasteiger charge is 2.48. The highest BCUT2D eigenvalue weighted by Crippen LogP contribution is 2.30. The van der Waals surface area contributed by atoms with Gasteiger partial charge in [-0.2, -0.15) is 4.98 Å². The molecule has 0 spiro atoms. The second kappa shape index (κ2) is 9.82. The first-order valence-corrected chi connectivity index (χ1v) is 11.6. The fourth-order valence-corrected chi connectivity index (χ4v) is 4.46. The molecule has 5 rings (SSSR count). The number of pyridine rings is 1. The van der Waals surface area contributed by atoms with Gasteiger partial charge in [-0.1, -0.05) is 11.6 Å². The number of aryl methyl sites for hydroxylation is 1. The summed E-state index contributed by atoms with van der Waals surface area (Å²) in [7, 11) is 0. The minimum Gasteiger partial charge on any atom is -0.491 e. The number of aromatic nitrogens is 3. The van der Waals surface area contributed by atoms with Gasteiger partial charge in [0, 0.05) is 17.7 Å². The van der Waals surface area contributed by atoms with Crippen molar-refractivity contribution in [1.82, 2.24) is 15.0 Å². The SMILES string of the molecule is CC(O)COc1cc(F)c(CCc2nc3nc(O[C@@H]4CO[C@H]5[C@@H]4OC[C@H]5O)[nH]c3cc2Cl)c(F)c1. The van der Waals surface area contributed by atoms with Gasteiger partial charge in [-0.05, 0) is 25.8 Å². The smallest absolute Gasteiger partial charge is 0.296 e. The molecule has 35 heavy (non-hydrogen) atoms. The molecule has 2 saturated heterocycles. The van der Waals surface area contributed by atoms with E-state index in [0.717, 1.165) is 12.1 Å². The molecular weight excluding hydrogens is 488 g/mol. The van der Waals surface area contributed by atoms with Crippen LogP contribution in [0.5, 0.6) is 11.8 Å². The second-order valence-corrected chi connectivity index (χ2v) is 9.08. The topological polar surface area (TPSA) is 119 Å². The molecule has 0 amide bonds. The van der Waals surface area contributed by atoms with Crippen LogP contribution < -0.4 is 9.47 Å². The number of aromatic amines is 1. The van der Waals surface area contributed by atoms with Gasteiger partial charge in [0.15, 0.2) is 11.8 Å². The Kier molecular flexibility index (Phi) is 6.78. The molecule has 4 heterocycles. The molecular formula is C23H24ClF2N3O6. The molecule has 2 fully saturated rings. The molecule has 0 bridgehead atoms. The van der Waals surface area contributed by atoms with Crippen LogP contribution in [0.3, 0.4) is 0 Å². The van der Waals surface area contributed by atoms with Crippen LogP contribution in [0.1, 0.15) is 18.2 Å². The van der Waals surface area contributed by atoms with Crippen molar-refractivity contribution in [2.75, 3.05) is 19.8 Å². The van der Waals surface area contributed by atoms with Crippen LogP contribution in [0.2, 0.25) is 5.02 Å². The lowest BCUT2D eigenvalue weighted by Gasteiger charge is -2.15. The molecule has 0 radical (unpaired) electrons. The predicted molar refractivity (Wildman–Crippen MR) is 120 cm³/mol. The van der Waals surface area contributed by atoms with Crippen LogP contribution >= 0.6 is 11.6 Å². The summed E-state index contributed by atoms with van der Waals surface area (Å²) < 4.78 is 51.2. The summed E-state index contributed by atoms with van der Waals surface area (Å²) in [5, 5.41) is 19.5. The normalized spacial score (nSPS) is 24.6. The lowest BCUT2D eigenvalue weighted by atomic mass is 10.1. The maximum Gasteiger partial charge on any atom is 0.296 e. The van der Waals surface area contributed by atoms with E-state index in [9.17, 15) is 19.0 Å². The molecule has 3 aromatic rings. The average Bonchev–Trinajstić information content (AvgIpc) is 3.48. The zero-order valence-corrected chi connectivity index (χ0v) is 19.5. The molecule has 0 aliphatic carbocycles. The van der Waals surface area contributed by atoms with E-state index >= 15 is 0 Å². The molecule has 2 aromatic heterocycles. The number of nitrogens with one attached hydrogen (secondary N) is 1. The van der Waals surface area contributed by atoms with Crippen molar-refractivity contribution in [1.29, 1.82) is 0 Å². The molecule has 0 saturated carbocycles. The van der Waals surface area contributed by atoms with E-state index < -0.39 is 36.1 Å². The summed E-state index contributed by atoms with van der Waals surface area (Å²) in [5.74, 6) is -1.51. The molecule has 5 atom stereocenters. The van der Waals surface area contributed by atoms with E-state index in [1.54, 1.807) is 6.07 Å². The van der Waals surface area contributed by atoms with Crippen molar-refractivity contribution >= 4 is 22.8 Å². The summed E-state index contributed by atoms with van der Waals surface area (Å²) in [6, 6.07) is 3.99. The highest BCUT2D eigenvalue weighted by molar-refractivity contribution is 6.31. The molecule has 9 nitrogen and oxygen atoms in total. The van der Waals surface area contributed by atoms with Crippen LogP contribution in [0.15, 0.2) is 18.2 Å². The zero-order chi connectivity index (χ0) is 24.7. The number of halogens is 3. The minimum atomic E-state index is -0.760. The standard InChI is InChI=1S/C23H24ClF2N3O6/c1-10(30)7-32-11-4-14(25)12(15(26)5-11)2-3-16-13(24)6-17-22(27-16)29-23(28-17)35-19-9-34-20-18(31)8-33-21(19)20/h4-6,10,18-21,30-31H,2-3,7-9H2,1H3,(H,27,28,29)/t10?,18-,19-,20-,21-/m1/s1. The Bertz CT molecular complexity index is 1200. The van der Waals surface area contributed by atoms with Crippen LogP contribution in [0, 0.1) is 11.6 Å². The summed E-state index contributed by atoms with van der Waals surface area (Å²) in [6.45, 7) is 1.88. The van der Waals surface area contributed by atoms with Gasteiger partial charge in [0.1, 0.15) is 42.3 Å². The number of nitrogens with zero attached hydrogens (tertiary/aromatic N) is 2. The van der Waals surface area contributed by atoms with Gasteiger partial charge in [0.2, 0.25) is 0 Å². The Morgan fingerprint density at radius 3 is 2.63 bits per heavy atom. The fourth-order valence-electron chi connectivity index (χ4n) is 4.21. The van der Waals surface area contributed by atoms with Crippen LogP contribution in [-0.2, 0) is 22.3 Å². The number of fused-ring (bicyclic) bond motifs is 2. The van der Waals surface area contributed by atoms with Gasteiger partial charge >= 0.3 is 0 Å². The van der Waals surface area contributed by atoms with E-state index in [1.165, 1.54) is 6.92 Å². The van der Waals surface area contributed by atoms with Crippen LogP contribution in [0.4, 0.5) is 8.78 Å². The molecule has 2 aliphatic heterocycles. The lowest BCUT2D eigenvalue weighted by Crippen LogP contribution is -2.34. The first-order chi connectivity index (χ1) is 16.8. The maximum atomic E-state index is 14.5. The van der Waals surface area contributed by atoms with Gasteiger partial charge < -0.3 is 34.1 Å². The van der Waals surface area contributed by atoms with Gasteiger partial charge in [-0.3, -0.25) is 0 Å². The Morgan fingerprint density at radius 1 is 1.14 bits per heavy atom. The Hall–Kier alpha value is -2.57. The van der Waals surface area contributed by atoms with Crippen molar-refractivity contribution in [3.63, 3.8) is 0 Å². The van der Waals surface area contributed by atoms with E-state index in [-0.39, 0.29) is 56.1 Å². The van der Waals surface area contributed by atoms with E-state index in [0.29, 0.717) is 21.9 Å². The number of aliphatic hydroxyl groups excluding tert-OH is 2. The molecule has 1 unspecified atom stereocenters. The largest absolute Gasteiger partial charge is 0.491 e. The van der Waals surface area contributed by atoms with Crippen molar-refractivity contribution in [2.45, 2.75) is 50.3 Å². The van der Waals surface area contributed by atoms with E-state index in [4.69, 9.17) is 30.5 Å². The Balaban J connectivity index is 1.28. The number of benzene rings is 1.